The van der Waals surface area contributed by atoms with E-state index in [2.05, 4.69) is 59.4 Å². The zero-order chi connectivity index (χ0) is 16.7. The lowest BCUT2D eigenvalue weighted by Crippen LogP contribution is -2.29. The predicted molar refractivity (Wildman–Crippen MR) is 95.1 cm³/mol. The normalized spacial score (nSPS) is 16.5. The highest BCUT2D eigenvalue weighted by atomic mass is 16.4. The summed E-state index contributed by atoms with van der Waals surface area (Å²) in [5.74, 6) is -0.814. The largest absolute Gasteiger partial charge is 0.480 e. The lowest BCUT2D eigenvalue weighted by Gasteiger charge is -2.24. The van der Waals surface area contributed by atoms with E-state index in [1.54, 1.807) is 0 Å². The Morgan fingerprint density at radius 1 is 1.21 bits per heavy atom. The zero-order valence-corrected chi connectivity index (χ0v) is 13.6. The summed E-state index contributed by atoms with van der Waals surface area (Å²) < 4.78 is 2.27. The summed E-state index contributed by atoms with van der Waals surface area (Å²) in [4.78, 5) is 10.9. The van der Waals surface area contributed by atoms with Gasteiger partial charge in [0.1, 0.15) is 0 Å². The zero-order valence-electron chi connectivity index (χ0n) is 13.6. The van der Waals surface area contributed by atoms with Gasteiger partial charge in [-0.1, -0.05) is 42.5 Å². The van der Waals surface area contributed by atoms with Crippen LogP contribution in [0.25, 0.3) is 22.2 Å². The van der Waals surface area contributed by atoms with Gasteiger partial charge in [-0.2, -0.15) is 0 Å². The number of carbonyl (C=O) groups is 1. The van der Waals surface area contributed by atoms with Gasteiger partial charge in [-0.05, 0) is 35.6 Å². The van der Waals surface area contributed by atoms with Crippen LogP contribution in [0.3, 0.4) is 0 Å². The Bertz CT molecular complexity index is 912. The molecule has 0 saturated carbocycles. The van der Waals surface area contributed by atoms with Gasteiger partial charge in [0.05, 0.1) is 12.2 Å². The fourth-order valence-electron chi connectivity index (χ4n) is 3.97. The minimum absolute atomic E-state index is 0.00519. The molecule has 0 saturated heterocycles. The Kier molecular flexibility index (Phi) is 3.62. The van der Waals surface area contributed by atoms with Crippen LogP contribution in [0.15, 0.2) is 48.5 Å². The number of hydrogen-bond acceptors (Lipinski definition) is 2. The van der Waals surface area contributed by atoms with Crippen molar-refractivity contribution in [3.05, 3.63) is 59.7 Å². The Balaban J connectivity index is 1.89. The van der Waals surface area contributed by atoms with E-state index in [4.69, 9.17) is 5.11 Å². The van der Waals surface area contributed by atoms with Gasteiger partial charge in [0.25, 0.3) is 0 Å². The maximum absolute atomic E-state index is 10.9. The van der Waals surface area contributed by atoms with Crippen molar-refractivity contribution in [1.29, 1.82) is 0 Å². The van der Waals surface area contributed by atoms with Gasteiger partial charge in [-0.3, -0.25) is 4.79 Å². The molecule has 0 radical (unpaired) electrons. The SMILES string of the molecule is Cn1c(-c2ccccc2)c2c3c(cccc31)C(NCC(=O)O)CC2. The molecule has 1 aromatic heterocycles. The van der Waals surface area contributed by atoms with Crippen LogP contribution in [0.4, 0.5) is 0 Å². The molecule has 122 valence electrons. The van der Waals surface area contributed by atoms with Crippen molar-refractivity contribution in [2.75, 3.05) is 6.54 Å². The van der Waals surface area contributed by atoms with E-state index in [1.165, 1.54) is 33.3 Å². The third kappa shape index (κ3) is 2.31. The van der Waals surface area contributed by atoms with Crippen molar-refractivity contribution < 1.29 is 9.90 Å². The third-order valence-electron chi connectivity index (χ3n) is 4.96. The van der Waals surface area contributed by atoms with E-state index in [-0.39, 0.29) is 12.6 Å². The Hall–Kier alpha value is -2.59. The van der Waals surface area contributed by atoms with Crippen molar-refractivity contribution >= 4 is 16.9 Å². The molecule has 0 spiro atoms. The molecule has 0 bridgehead atoms. The average Bonchev–Trinajstić information content (AvgIpc) is 2.89. The maximum atomic E-state index is 10.9. The second-order valence-corrected chi connectivity index (χ2v) is 6.36. The van der Waals surface area contributed by atoms with Crippen LogP contribution in [0.2, 0.25) is 0 Å². The van der Waals surface area contributed by atoms with Crippen molar-refractivity contribution in [2.45, 2.75) is 18.9 Å². The standard InChI is InChI=1S/C20H20N2O2/c1-22-17-9-5-8-14-16(21-12-18(23)24)11-10-15(19(14)17)20(22)13-6-3-2-4-7-13/h2-9,16,21H,10-12H2,1H3,(H,23,24). The number of nitrogens with zero attached hydrogens (tertiary/aromatic N) is 1. The molecule has 0 amide bonds. The predicted octanol–water partition coefficient (Wildman–Crippen LogP) is 3.51. The van der Waals surface area contributed by atoms with Crippen LogP contribution >= 0.6 is 0 Å². The highest BCUT2D eigenvalue weighted by Gasteiger charge is 2.27. The van der Waals surface area contributed by atoms with Crippen molar-refractivity contribution in [3.8, 4) is 11.3 Å². The summed E-state index contributed by atoms with van der Waals surface area (Å²) >= 11 is 0. The maximum Gasteiger partial charge on any atom is 0.317 e. The van der Waals surface area contributed by atoms with Crippen LogP contribution in [-0.2, 0) is 18.3 Å². The summed E-state index contributed by atoms with van der Waals surface area (Å²) in [6, 6.07) is 16.9. The fourth-order valence-corrected chi connectivity index (χ4v) is 3.97. The summed E-state index contributed by atoms with van der Waals surface area (Å²) in [6.07, 6.45) is 1.87. The van der Waals surface area contributed by atoms with Gasteiger partial charge >= 0.3 is 5.97 Å². The number of rotatable bonds is 4. The molecule has 1 atom stereocenters. The molecule has 24 heavy (non-hydrogen) atoms. The summed E-state index contributed by atoms with van der Waals surface area (Å²) in [7, 11) is 2.11. The van der Waals surface area contributed by atoms with Gasteiger partial charge in [0.15, 0.2) is 0 Å². The molecule has 3 aromatic rings. The fraction of sp³-hybridized carbons (Fsp3) is 0.250. The highest BCUT2D eigenvalue weighted by molar-refractivity contribution is 5.95. The van der Waals surface area contributed by atoms with Crippen molar-refractivity contribution in [2.24, 2.45) is 7.05 Å². The molecule has 0 fully saturated rings. The molecule has 2 aromatic carbocycles. The quantitative estimate of drug-likeness (QED) is 0.773. The molecular weight excluding hydrogens is 300 g/mol. The Labute approximate surface area is 140 Å². The molecule has 0 aliphatic heterocycles. The molecular formula is C20H20N2O2. The molecule has 1 heterocycles. The van der Waals surface area contributed by atoms with E-state index in [9.17, 15) is 4.79 Å². The monoisotopic (exact) mass is 320 g/mol. The Morgan fingerprint density at radius 2 is 2.00 bits per heavy atom. The number of carboxylic acid groups (broad SMARTS) is 1. The Morgan fingerprint density at radius 3 is 2.75 bits per heavy atom. The lowest BCUT2D eigenvalue weighted by atomic mass is 9.87. The van der Waals surface area contributed by atoms with E-state index in [0.29, 0.717) is 0 Å². The third-order valence-corrected chi connectivity index (χ3v) is 4.96. The number of aliphatic carboxylic acids is 1. The molecule has 2 N–H and O–H groups in total. The average molecular weight is 320 g/mol. The molecule has 1 unspecified atom stereocenters. The van der Waals surface area contributed by atoms with Crippen LogP contribution in [-0.4, -0.2) is 22.2 Å². The van der Waals surface area contributed by atoms with E-state index >= 15 is 0 Å². The second kappa shape index (κ2) is 5.80. The summed E-state index contributed by atoms with van der Waals surface area (Å²) in [5, 5.41) is 13.4. The van der Waals surface area contributed by atoms with Gasteiger partial charge < -0.3 is 15.0 Å². The van der Waals surface area contributed by atoms with Gasteiger partial charge in [-0.15, -0.1) is 0 Å². The van der Waals surface area contributed by atoms with E-state index < -0.39 is 5.97 Å². The first-order valence-corrected chi connectivity index (χ1v) is 8.27. The first-order chi connectivity index (χ1) is 11.7. The number of carboxylic acids is 1. The van der Waals surface area contributed by atoms with Gasteiger partial charge in [0, 0.05) is 24.0 Å². The molecule has 4 nitrogen and oxygen atoms in total. The van der Waals surface area contributed by atoms with Crippen LogP contribution in [0.5, 0.6) is 0 Å². The highest BCUT2D eigenvalue weighted by Crippen LogP contribution is 2.42. The smallest absolute Gasteiger partial charge is 0.317 e. The second-order valence-electron chi connectivity index (χ2n) is 6.36. The number of benzene rings is 2. The summed E-state index contributed by atoms with van der Waals surface area (Å²) in [6.45, 7) is -0.00519. The van der Waals surface area contributed by atoms with E-state index in [1.807, 2.05) is 6.07 Å². The summed E-state index contributed by atoms with van der Waals surface area (Å²) in [5.41, 5.74) is 6.31. The number of hydrogen-bond donors (Lipinski definition) is 2. The van der Waals surface area contributed by atoms with Gasteiger partial charge in [0.2, 0.25) is 0 Å². The molecule has 4 heteroatoms. The topological polar surface area (TPSA) is 54.3 Å². The van der Waals surface area contributed by atoms with E-state index in [0.717, 1.165) is 12.8 Å². The lowest BCUT2D eigenvalue weighted by molar-refractivity contribution is -0.136. The van der Waals surface area contributed by atoms with Crippen LogP contribution < -0.4 is 5.32 Å². The first kappa shape index (κ1) is 15.0. The van der Waals surface area contributed by atoms with Crippen molar-refractivity contribution in [3.63, 3.8) is 0 Å². The number of nitrogens with one attached hydrogen (secondary N) is 1. The minimum atomic E-state index is -0.814. The van der Waals surface area contributed by atoms with Gasteiger partial charge in [-0.25, -0.2) is 0 Å². The van der Waals surface area contributed by atoms with Crippen LogP contribution in [0.1, 0.15) is 23.6 Å². The molecule has 4 rings (SSSR count). The van der Waals surface area contributed by atoms with Crippen LogP contribution in [0, 0.1) is 0 Å². The number of aromatic nitrogens is 1. The first-order valence-electron chi connectivity index (χ1n) is 8.27. The number of aryl methyl sites for hydroxylation is 2. The minimum Gasteiger partial charge on any atom is -0.480 e. The molecule has 1 aliphatic rings. The molecule has 1 aliphatic carbocycles. The van der Waals surface area contributed by atoms with Crippen molar-refractivity contribution in [1.82, 2.24) is 9.88 Å².